The van der Waals surface area contributed by atoms with Gasteiger partial charge in [0, 0.05) is 23.9 Å². The van der Waals surface area contributed by atoms with E-state index in [-0.39, 0.29) is 22.7 Å². The number of carbonyl (C=O) groups is 2. The van der Waals surface area contributed by atoms with Crippen molar-refractivity contribution in [2.75, 3.05) is 11.9 Å². The van der Waals surface area contributed by atoms with Gasteiger partial charge in [-0.15, -0.1) is 0 Å². The van der Waals surface area contributed by atoms with Crippen LogP contribution in [0.3, 0.4) is 0 Å². The van der Waals surface area contributed by atoms with E-state index >= 15 is 0 Å². The molecule has 0 spiro atoms. The summed E-state index contributed by atoms with van der Waals surface area (Å²) in [5.74, 6) is 0.190. The zero-order valence-corrected chi connectivity index (χ0v) is 17.9. The van der Waals surface area contributed by atoms with Gasteiger partial charge in [-0.2, -0.15) is 0 Å². The molecule has 1 saturated carbocycles. The normalized spacial score (nSPS) is 14.3. The second-order valence-electron chi connectivity index (χ2n) is 7.53. The van der Waals surface area contributed by atoms with Gasteiger partial charge in [0.25, 0.3) is 12.3 Å². The van der Waals surface area contributed by atoms with Gasteiger partial charge in [0.1, 0.15) is 10.8 Å². The Bertz CT molecular complexity index is 970. The lowest BCUT2D eigenvalue weighted by molar-refractivity contribution is -0.116. The first-order chi connectivity index (χ1) is 14.7. The predicted molar refractivity (Wildman–Crippen MR) is 112 cm³/mol. The molecule has 1 aliphatic carbocycles. The third-order valence-corrected chi connectivity index (χ3v) is 4.95. The topological polar surface area (TPSA) is 93.2 Å². The van der Waals surface area contributed by atoms with Crippen LogP contribution in [-0.2, 0) is 4.79 Å². The summed E-state index contributed by atoms with van der Waals surface area (Å²) in [6, 6.07) is 4.17. The van der Waals surface area contributed by atoms with E-state index in [1.165, 1.54) is 18.3 Å². The minimum Gasteiger partial charge on any atom is -0.471 e. The van der Waals surface area contributed by atoms with Crippen molar-refractivity contribution in [2.45, 2.75) is 45.6 Å². The predicted octanol–water partition coefficient (Wildman–Crippen LogP) is 4.31. The highest BCUT2D eigenvalue weighted by Gasteiger charge is 2.24. The van der Waals surface area contributed by atoms with E-state index in [1.807, 2.05) is 0 Å². The Labute approximate surface area is 183 Å². The molecule has 7 nitrogen and oxygen atoms in total. The summed E-state index contributed by atoms with van der Waals surface area (Å²) in [4.78, 5) is 33.0. The molecule has 0 saturated heterocycles. The number of hydrogen-bond donors (Lipinski definition) is 2. The SMILES string of the molecule is Cc1cc(C(=O)NC(C)c2cnc(OCC(F)F)c(Cl)c2)cc(NC(=O)CC2CC2)n1. The third kappa shape index (κ3) is 6.85. The van der Waals surface area contributed by atoms with Crippen molar-refractivity contribution >= 4 is 29.2 Å². The van der Waals surface area contributed by atoms with Gasteiger partial charge in [-0.1, -0.05) is 11.6 Å². The Morgan fingerprint density at radius 2 is 2.03 bits per heavy atom. The number of rotatable bonds is 9. The fourth-order valence-electron chi connectivity index (χ4n) is 2.93. The lowest BCUT2D eigenvalue weighted by Crippen LogP contribution is -2.27. The molecule has 0 radical (unpaired) electrons. The minimum atomic E-state index is -2.64. The van der Waals surface area contributed by atoms with Crippen LogP contribution in [0.4, 0.5) is 14.6 Å². The fraction of sp³-hybridized carbons (Fsp3) is 0.429. The van der Waals surface area contributed by atoms with Crippen molar-refractivity contribution in [3.05, 3.63) is 46.2 Å². The second kappa shape index (κ2) is 10.00. The Morgan fingerprint density at radius 1 is 1.29 bits per heavy atom. The van der Waals surface area contributed by atoms with Crippen LogP contribution in [0.2, 0.25) is 5.02 Å². The number of carbonyl (C=O) groups excluding carboxylic acids is 2. The molecule has 1 fully saturated rings. The van der Waals surface area contributed by atoms with Crippen LogP contribution in [0.25, 0.3) is 0 Å². The van der Waals surface area contributed by atoms with Gasteiger partial charge in [-0.3, -0.25) is 9.59 Å². The first-order valence-corrected chi connectivity index (χ1v) is 10.2. The maximum absolute atomic E-state index is 12.7. The van der Waals surface area contributed by atoms with E-state index in [1.54, 1.807) is 19.9 Å². The number of alkyl halides is 2. The molecule has 1 atom stereocenters. The Morgan fingerprint density at radius 3 is 2.68 bits per heavy atom. The molecule has 2 amide bonds. The third-order valence-electron chi connectivity index (χ3n) is 4.68. The summed E-state index contributed by atoms with van der Waals surface area (Å²) in [6.45, 7) is 2.66. The molecule has 31 heavy (non-hydrogen) atoms. The highest BCUT2D eigenvalue weighted by atomic mass is 35.5. The van der Waals surface area contributed by atoms with Gasteiger partial charge < -0.3 is 15.4 Å². The molecule has 0 aliphatic heterocycles. The molecular formula is C21H23ClF2N4O3. The van der Waals surface area contributed by atoms with Crippen molar-refractivity contribution in [1.82, 2.24) is 15.3 Å². The largest absolute Gasteiger partial charge is 0.471 e. The molecule has 0 aromatic carbocycles. The minimum absolute atomic E-state index is 0.0691. The van der Waals surface area contributed by atoms with Crippen molar-refractivity contribution in [3.8, 4) is 5.88 Å². The first kappa shape index (κ1) is 22.9. The Kier molecular flexibility index (Phi) is 7.37. The van der Waals surface area contributed by atoms with Gasteiger partial charge in [-0.25, -0.2) is 18.7 Å². The quantitative estimate of drug-likeness (QED) is 0.591. The lowest BCUT2D eigenvalue weighted by Gasteiger charge is -2.16. The van der Waals surface area contributed by atoms with Crippen LogP contribution in [0.15, 0.2) is 24.4 Å². The average molecular weight is 453 g/mol. The van der Waals surface area contributed by atoms with E-state index in [2.05, 4.69) is 20.6 Å². The van der Waals surface area contributed by atoms with Gasteiger partial charge in [0.15, 0.2) is 6.61 Å². The van der Waals surface area contributed by atoms with E-state index in [0.717, 1.165) is 12.8 Å². The summed E-state index contributed by atoms with van der Waals surface area (Å²) < 4.78 is 29.4. The molecule has 10 heteroatoms. The molecule has 166 valence electrons. The van der Waals surface area contributed by atoms with Gasteiger partial charge in [-0.05, 0) is 56.4 Å². The van der Waals surface area contributed by atoms with Crippen LogP contribution in [-0.4, -0.2) is 34.8 Å². The lowest BCUT2D eigenvalue weighted by atomic mass is 10.1. The van der Waals surface area contributed by atoms with E-state index < -0.39 is 19.1 Å². The molecule has 2 N–H and O–H groups in total. The van der Waals surface area contributed by atoms with E-state index in [0.29, 0.717) is 35.0 Å². The van der Waals surface area contributed by atoms with Crippen molar-refractivity contribution in [2.24, 2.45) is 5.92 Å². The summed E-state index contributed by atoms with van der Waals surface area (Å²) in [7, 11) is 0. The molecule has 2 heterocycles. The smallest absolute Gasteiger partial charge is 0.272 e. The molecule has 1 unspecified atom stereocenters. The van der Waals surface area contributed by atoms with Crippen molar-refractivity contribution in [1.29, 1.82) is 0 Å². The number of pyridine rings is 2. The highest BCUT2D eigenvalue weighted by Crippen LogP contribution is 2.32. The summed E-state index contributed by atoms with van der Waals surface area (Å²) in [6.07, 6.45) is 1.36. The molecular weight excluding hydrogens is 430 g/mol. The van der Waals surface area contributed by atoms with Crippen molar-refractivity contribution in [3.63, 3.8) is 0 Å². The summed E-state index contributed by atoms with van der Waals surface area (Å²) in [5, 5.41) is 5.63. The van der Waals surface area contributed by atoms with Crippen molar-refractivity contribution < 1.29 is 23.1 Å². The second-order valence-corrected chi connectivity index (χ2v) is 7.94. The van der Waals surface area contributed by atoms with Crippen LogP contribution >= 0.6 is 11.6 Å². The van der Waals surface area contributed by atoms with E-state index in [4.69, 9.17) is 16.3 Å². The number of ether oxygens (including phenoxy) is 1. The number of anilines is 1. The standard InChI is InChI=1S/C21H23ClF2N4O3/c1-11-5-14(8-18(26-11)28-19(29)6-13-3-4-13)20(30)27-12(2)15-7-16(22)21(25-9-15)31-10-17(23)24/h5,7-9,12-13,17H,3-4,6,10H2,1-2H3,(H,27,30)(H,26,28,29). The molecule has 3 rings (SSSR count). The Hall–Kier alpha value is -2.81. The maximum atomic E-state index is 12.7. The number of nitrogens with one attached hydrogen (secondary N) is 2. The van der Waals surface area contributed by atoms with Crippen LogP contribution in [0.5, 0.6) is 5.88 Å². The fourth-order valence-corrected chi connectivity index (χ4v) is 3.16. The average Bonchev–Trinajstić information content (AvgIpc) is 3.50. The van der Waals surface area contributed by atoms with Crippen LogP contribution in [0, 0.1) is 12.8 Å². The summed E-state index contributed by atoms with van der Waals surface area (Å²) in [5.41, 5.74) is 1.51. The number of aryl methyl sites for hydroxylation is 1. The maximum Gasteiger partial charge on any atom is 0.272 e. The number of nitrogens with zero attached hydrogens (tertiary/aromatic N) is 2. The number of aromatic nitrogens is 2. The highest BCUT2D eigenvalue weighted by molar-refractivity contribution is 6.31. The first-order valence-electron chi connectivity index (χ1n) is 9.87. The zero-order valence-electron chi connectivity index (χ0n) is 17.1. The monoisotopic (exact) mass is 452 g/mol. The molecule has 2 aromatic heterocycles. The van der Waals surface area contributed by atoms with Gasteiger partial charge in [0.2, 0.25) is 11.8 Å². The number of halogens is 3. The van der Waals surface area contributed by atoms with Gasteiger partial charge in [0.05, 0.1) is 6.04 Å². The van der Waals surface area contributed by atoms with Crippen LogP contribution < -0.4 is 15.4 Å². The molecule has 0 bridgehead atoms. The van der Waals surface area contributed by atoms with Gasteiger partial charge >= 0.3 is 0 Å². The zero-order chi connectivity index (χ0) is 22.5. The summed E-state index contributed by atoms with van der Waals surface area (Å²) >= 11 is 6.05. The van der Waals surface area contributed by atoms with Crippen LogP contribution in [0.1, 0.15) is 53.8 Å². The number of hydrogen-bond acceptors (Lipinski definition) is 5. The number of amides is 2. The Balaban J connectivity index is 1.64. The van der Waals surface area contributed by atoms with E-state index in [9.17, 15) is 18.4 Å². The molecule has 2 aromatic rings. The molecule has 1 aliphatic rings.